The van der Waals surface area contributed by atoms with Gasteiger partial charge in [-0.25, -0.2) is 4.98 Å². The number of hydrogen-bond acceptors (Lipinski definition) is 4. The number of amides is 1. The molecule has 0 spiro atoms. The SMILES string of the molecule is Cc1cnc(OCC(C)(C)NC(=O)C2[C@@H]3[C@H]2[C@H](C)N[C@H]3C)c2ccccc12. The van der Waals surface area contributed by atoms with Crippen LogP contribution >= 0.6 is 0 Å². The number of nitrogens with one attached hydrogen (secondary N) is 2. The Morgan fingerprint density at radius 2 is 1.81 bits per heavy atom. The average molecular weight is 367 g/mol. The van der Waals surface area contributed by atoms with E-state index < -0.39 is 5.54 Å². The van der Waals surface area contributed by atoms with Gasteiger partial charge in [-0.05, 0) is 63.5 Å². The molecular formula is C22H29N3O2. The first kappa shape index (κ1) is 18.2. The van der Waals surface area contributed by atoms with Gasteiger partial charge in [-0.1, -0.05) is 18.2 Å². The summed E-state index contributed by atoms with van der Waals surface area (Å²) in [5.41, 5.74) is 0.671. The minimum atomic E-state index is -0.457. The van der Waals surface area contributed by atoms with E-state index in [-0.39, 0.29) is 11.8 Å². The fourth-order valence-electron chi connectivity index (χ4n) is 4.76. The van der Waals surface area contributed by atoms with E-state index in [1.807, 2.05) is 45.2 Å². The lowest BCUT2D eigenvalue weighted by atomic mass is 10.0. The van der Waals surface area contributed by atoms with Crippen molar-refractivity contribution >= 4 is 16.7 Å². The highest BCUT2D eigenvalue weighted by molar-refractivity contribution is 5.89. The maximum Gasteiger partial charge on any atom is 0.224 e. The Morgan fingerprint density at radius 3 is 2.48 bits per heavy atom. The summed E-state index contributed by atoms with van der Waals surface area (Å²) in [6.07, 6.45) is 1.84. The second-order valence-corrected chi connectivity index (χ2v) is 8.88. The third-order valence-corrected chi connectivity index (χ3v) is 6.11. The first-order chi connectivity index (χ1) is 12.8. The maximum atomic E-state index is 12.8. The number of nitrogens with zero attached hydrogens (tertiary/aromatic N) is 1. The number of aryl methyl sites for hydroxylation is 1. The van der Waals surface area contributed by atoms with Crippen molar-refractivity contribution in [2.75, 3.05) is 6.61 Å². The summed E-state index contributed by atoms with van der Waals surface area (Å²) in [4.78, 5) is 17.2. The molecule has 1 aliphatic carbocycles. The van der Waals surface area contributed by atoms with Gasteiger partial charge < -0.3 is 15.4 Å². The van der Waals surface area contributed by atoms with Crippen LogP contribution in [0.2, 0.25) is 0 Å². The molecule has 0 radical (unpaired) electrons. The zero-order valence-corrected chi connectivity index (χ0v) is 16.7. The molecule has 5 nitrogen and oxygen atoms in total. The third-order valence-electron chi connectivity index (χ3n) is 6.11. The van der Waals surface area contributed by atoms with Crippen LogP contribution in [-0.2, 0) is 4.79 Å². The summed E-state index contributed by atoms with van der Waals surface area (Å²) >= 11 is 0. The standard InChI is InChI=1S/C22H29N3O2/c1-12-10-23-21(16-9-7-6-8-15(12)16)27-11-22(4,5)25-20(26)19-17-13(2)24-14(3)18(17)19/h6-10,13-14,17-19,24H,11H2,1-5H3,(H,25,26)/t13-,14-,17-,18+,19?/m0/s1. The van der Waals surface area contributed by atoms with Crippen molar-refractivity contribution in [3.05, 3.63) is 36.0 Å². The van der Waals surface area contributed by atoms with E-state index >= 15 is 0 Å². The van der Waals surface area contributed by atoms with Crippen molar-refractivity contribution in [3.63, 3.8) is 0 Å². The molecule has 144 valence electrons. The number of pyridine rings is 1. The van der Waals surface area contributed by atoms with Crippen LogP contribution in [0.1, 0.15) is 33.3 Å². The Morgan fingerprint density at radius 1 is 1.19 bits per heavy atom. The number of carbonyl (C=O) groups excluding carboxylic acids is 1. The van der Waals surface area contributed by atoms with Gasteiger partial charge in [0.25, 0.3) is 0 Å². The predicted molar refractivity (Wildman–Crippen MR) is 107 cm³/mol. The van der Waals surface area contributed by atoms with Crippen LogP contribution in [0.15, 0.2) is 30.5 Å². The van der Waals surface area contributed by atoms with Crippen LogP contribution in [0.25, 0.3) is 10.8 Å². The van der Waals surface area contributed by atoms with E-state index in [2.05, 4.69) is 35.5 Å². The highest BCUT2D eigenvalue weighted by Crippen LogP contribution is 2.55. The zero-order valence-electron chi connectivity index (χ0n) is 16.7. The monoisotopic (exact) mass is 367 g/mol. The number of hydrogen-bond donors (Lipinski definition) is 2. The second-order valence-electron chi connectivity index (χ2n) is 8.88. The van der Waals surface area contributed by atoms with E-state index in [9.17, 15) is 4.79 Å². The smallest absolute Gasteiger partial charge is 0.224 e. The molecule has 4 rings (SSSR count). The van der Waals surface area contributed by atoms with Crippen molar-refractivity contribution in [3.8, 4) is 5.88 Å². The van der Waals surface area contributed by atoms with Gasteiger partial charge >= 0.3 is 0 Å². The molecule has 5 heteroatoms. The predicted octanol–water partition coefficient (Wildman–Crippen LogP) is 3.06. The van der Waals surface area contributed by atoms with Gasteiger partial charge in [0, 0.05) is 29.6 Å². The molecule has 1 amide bonds. The van der Waals surface area contributed by atoms with Crippen molar-refractivity contribution in [2.24, 2.45) is 17.8 Å². The lowest BCUT2D eigenvalue weighted by Crippen LogP contribution is -2.49. The van der Waals surface area contributed by atoms with Crippen LogP contribution < -0.4 is 15.4 Å². The first-order valence-electron chi connectivity index (χ1n) is 9.84. The minimum Gasteiger partial charge on any atom is -0.475 e. The minimum absolute atomic E-state index is 0.133. The summed E-state index contributed by atoms with van der Waals surface area (Å²) < 4.78 is 6.04. The quantitative estimate of drug-likeness (QED) is 0.853. The number of benzene rings is 1. The van der Waals surface area contributed by atoms with Gasteiger partial charge in [0.05, 0.1) is 5.54 Å². The normalized spacial score (nSPS) is 29.4. The summed E-state index contributed by atoms with van der Waals surface area (Å²) in [5, 5.41) is 8.87. The molecule has 1 saturated heterocycles. The van der Waals surface area contributed by atoms with Crippen LogP contribution in [0.4, 0.5) is 0 Å². The molecule has 2 aliphatic rings. The van der Waals surface area contributed by atoms with Gasteiger partial charge in [-0.2, -0.15) is 0 Å². The number of fused-ring (bicyclic) bond motifs is 2. The Kier molecular flexibility index (Phi) is 4.38. The molecule has 2 aromatic rings. The number of piperidine rings is 1. The Hall–Kier alpha value is -2.14. The average Bonchev–Trinajstić information content (AvgIpc) is 3.30. The summed E-state index contributed by atoms with van der Waals surface area (Å²) in [6, 6.07) is 8.95. The fourth-order valence-corrected chi connectivity index (χ4v) is 4.76. The fraction of sp³-hybridized carbons (Fsp3) is 0.545. The van der Waals surface area contributed by atoms with E-state index in [0.29, 0.717) is 36.4 Å². The highest BCUT2D eigenvalue weighted by atomic mass is 16.5. The molecular weight excluding hydrogens is 338 g/mol. The van der Waals surface area contributed by atoms with Gasteiger partial charge in [-0.3, -0.25) is 4.79 Å². The molecule has 5 atom stereocenters. The molecule has 2 heterocycles. The number of rotatable bonds is 5. The zero-order chi connectivity index (χ0) is 19.3. The van der Waals surface area contributed by atoms with Gasteiger partial charge in [0.1, 0.15) is 6.61 Å². The Balaban J connectivity index is 1.41. The largest absolute Gasteiger partial charge is 0.475 e. The maximum absolute atomic E-state index is 12.8. The summed E-state index contributed by atoms with van der Waals surface area (Å²) in [7, 11) is 0. The molecule has 1 unspecified atom stereocenters. The Bertz CT molecular complexity index is 865. The van der Waals surface area contributed by atoms with Crippen LogP contribution in [0.3, 0.4) is 0 Å². The van der Waals surface area contributed by atoms with E-state index in [0.717, 1.165) is 16.3 Å². The molecule has 27 heavy (non-hydrogen) atoms. The third kappa shape index (κ3) is 3.29. The van der Waals surface area contributed by atoms with Gasteiger partial charge in [0.2, 0.25) is 11.8 Å². The number of aromatic nitrogens is 1. The summed E-state index contributed by atoms with van der Waals surface area (Å²) in [6.45, 7) is 10.8. The van der Waals surface area contributed by atoms with Crippen molar-refractivity contribution in [1.29, 1.82) is 0 Å². The molecule has 2 fully saturated rings. The molecule has 1 aromatic carbocycles. The van der Waals surface area contributed by atoms with Crippen LogP contribution in [0, 0.1) is 24.7 Å². The van der Waals surface area contributed by atoms with E-state index in [1.54, 1.807) is 0 Å². The lowest BCUT2D eigenvalue weighted by Gasteiger charge is -2.27. The lowest BCUT2D eigenvalue weighted by molar-refractivity contribution is -0.125. The topological polar surface area (TPSA) is 63.2 Å². The first-order valence-corrected chi connectivity index (χ1v) is 9.84. The molecule has 1 aliphatic heterocycles. The molecule has 0 bridgehead atoms. The van der Waals surface area contributed by atoms with Crippen LogP contribution in [-0.4, -0.2) is 35.1 Å². The summed E-state index contributed by atoms with van der Waals surface area (Å²) in [5.74, 6) is 1.85. The van der Waals surface area contributed by atoms with E-state index in [4.69, 9.17) is 4.74 Å². The molecule has 1 aromatic heterocycles. The molecule has 1 saturated carbocycles. The van der Waals surface area contributed by atoms with E-state index in [1.165, 1.54) is 0 Å². The van der Waals surface area contributed by atoms with Gasteiger partial charge in [-0.15, -0.1) is 0 Å². The number of carbonyl (C=O) groups is 1. The van der Waals surface area contributed by atoms with Crippen molar-refractivity contribution in [2.45, 2.75) is 52.2 Å². The van der Waals surface area contributed by atoms with Crippen LogP contribution in [0.5, 0.6) is 5.88 Å². The Labute approximate surface area is 160 Å². The van der Waals surface area contributed by atoms with Crippen molar-refractivity contribution < 1.29 is 9.53 Å². The second kappa shape index (κ2) is 6.48. The highest BCUT2D eigenvalue weighted by Gasteiger charge is 2.63. The molecule has 2 N–H and O–H groups in total. The van der Waals surface area contributed by atoms with Crippen molar-refractivity contribution in [1.82, 2.24) is 15.6 Å². The number of ether oxygens (including phenoxy) is 1. The van der Waals surface area contributed by atoms with Gasteiger partial charge in [0.15, 0.2) is 0 Å².